The van der Waals surface area contributed by atoms with Gasteiger partial charge in [0.15, 0.2) is 11.6 Å². The topological polar surface area (TPSA) is 38.0 Å². The first kappa shape index (κ1) is 13.1. The fourth-order valence-electron chi connectivity index (χ4n) is 1.41. The number of benzene rings is 2. The molecule has 0 aliphatic heterocycles. The molecular formula is C12H8BrClF2N2. The summed E-state index contributed by atoms with van der Waals surface area (Å²) in [4.78, 5) is 0. The number of hydrogen-bond acceptors (Lipinski definition) is 2. The number of nitrogen functional groups attached to an aromatic ring is 1. The molecule has 2 aromatic carbocycles. The lowest BCUT2D eigenvalue weighted by Gasteiger charge is -2.11. The third kappa shape index (κ3) is 2.57. The largest absolute Gasteiger partial charge is 0.397 e. The van der Waals surface area contributed by atoms with Crippen molar-refractivity contribution in [2.45, 2.75) is 0 Å². The second-order valence-corrected chi connectivity index (χ2v) is 4.84. The van der Waals surface area contributed by atoms with E-state index in [4.69, 9.17) is 17.3 Å². The Bertz CT molecular complexity index is 605. The van der Waals surface area contributed by atoms with Crippen LogP contribution in [-0.2, 0) is 0 Å². The number of nitrogens with two attached hydrogens (primary N) is 1. The van der Waals surface area contributed by atoms with E-state index < -0.39 is 11.6 Å². The van der Waals surface area contributed by atoms with Crippen molar-refractivity contribution in [1.29, 1.82) is 0 Å². The van der Waals surface area contributed by atoms with E-state index in [1.807, 2.05) is 0 Å². The highest BCUT2D eigenvalue weighted by atomic mass is 79.9. The van der Waals surface area contributed by atoms with Crippen molar-refractivity contribution in [3.63, 3.8) is 0 Å². The first-order valence-corrected chi connectivity index (χ1v) is 6.11. The van der Waals surface area contributed by atoms with Crippen molar-refractivity contribution in [1.82, 2.24) is 0 Å². The van der Waals surface area contributed by atoms with Crippen LogP contribution in [0, 0.1) is 11.6 Å². The Morgan fingerprint density at radius 3 is 2.56 bits per heavy atom. The number of rotatable bonds is 2. The van der Waals surface area contributed by atoms with Crippen molar-refractivity contribution in [2.75, 3.05) is 11.1 Å². The quantitative estimate of drug-likeness (QED) is 0.781. The molecule has 0 radical (unpaired) electrons. The molecular weight excluding hydrogens is 325 g/mol. The van der Waals surface area contributed by atoms with E-state index in [1.165, 1.54) is 6.07 Å². The lowest BCUT2D eigenvalue weighted by atomic mass is 10.2. The van der Waals surface area contributed by atoms with Crippen LogP contribution in [0.5, 0.6) is 0 Å². The van der Waals surface area contributed by atoms with E-state index >= 15 is 0 Å². The Hall–Kier alpha value is -1.33. The number of nitrogens with one attached hydrogen (secondary N) is 1. The average Bonchev–Trinajstić information content (AvgIpc) is 2.34. The van der Waals surface area contributed by atoms with Gasteiger partial charge in [0.05, 0.1) is 10.7 Å². The molecule has 0 aliphatic carbocycles. The normalized spacial score (nSPS) is 10.4. The average molecular weight is 334 g/mol. The van der Waals surface area contributed by atoms with Gasteiger partial charge in [0.1, 0.15) is 5.69 Å². The third-order valence-corrected chi connectivity index (χ3v) is 3.55. The number of hydrogen-bond donors (Lipinski definition) is 2. The fraction of sp³-hybridized carbons (Fsp3) is 0. The van der Waals surface area contributed by atoms with E-state index in [9.17, 15) is 8.78 Å². The van der Waals surface area contributed by atoms with Crippen LogP contribution in [0.15, 0.2) is 34.8 Å². The molecule has 18 heavy (non-hydrogen) atoms. The predicted octanol–water partition coefficient (Wildman–Crippen LogP) is 4.71. The zero-order valence-electron chi connectivity index (χ0n) is 8.98. The summed E-state index contributed by atoms with van der Waals surface area (Å²) in [6.45, 7) is 0. The summed E-state index contributed by atoms with van der Waals surface area (Å²) in [5.41, 5.74) is 6.12. The summed E-state index contributed by atoms with van der Waals surface area (Å²) in [5.74, 6) is -1.98. The van der Waals surface area contributed by atoms with Crippen LogP contribution in [0.3, 0.4) is 0 Å². The summed E-state index contributed by atoms with van der Waals surface area (Å²) in [5, 5.41) is 3.16. The lowest BCUT2D eigenvalue weighted by Crippen LogP contribution is -2.01. The van der Waals surface area contributed by atoms with Gasteiger partial charge in [-0.2, -0.15) is 0 Å². The summed E-state index contributed by atoms with van der Waals surface area (Å²) in [6, 6.07) is 7.21. The first-order valence-electron chi connectivity index (χ1n) is 4.94. The highest BCUT2D eigenvalue weighted by molar-refractivity contribution is 9.10. The van der Waals surface area contributed by atoms with Crippen LogP contribution < -0.4 is 11.1 Å². The third-order valence-electron chi connectivity index (χ3n) is 2.32. The Labute approximate surface area is 116 Å². The van der Waals surface area contributed by atoms with Crippen molar-refractivity contribution >= 4 is 44.6 Å². The van der Waals surface area contributed by atoms with Gasteiger partial charge >= 0.3 is 0 Å². The van der Waals surface area contributed by atoms with E-state index in [0.717, 1.165) is 6.07 Å². The van der Waals surface area contributed by atoms with Gasteiger partial charge in [-0.25, -0.2) is 8.78 Å². The maximum Gasteiger partial charge on any atom is 0.184 e. The molecule has 0 aromatic heterocycles. The minimum Gasteiger partial charge on any atom is -0.397 e. The highest BCUT2D eigenvalue weighted by Gasteiger charge is 2.12. The minimum atomic E-state index is -1.02. The molecule has 0 saturated heterocycles. The molecule has 2 nitrogen and oxygen atoms in total. The molecule has 0 unspecified atom stereocenters. The molecule has 6 heteroatoms. The van der Waals surface area contributed by atoms with Gasteiger partial charge < -0.3 is 11.1 Å². The maximum absolute atomic E-state index is 13.6. The van der Waals surface area contributed by atoms with Crippen molar-refractivity contribution in [2.24, 2.45) is 0 Å². The van der Waals surface area contributed by atoms with Crippen LogP contribution in [0.4, 0.5) is 25.8 Å². The Kier molecular flexibility index (Phi) is 3.73. The van der Waals surface area contributed by atoms with Crippen molar-refractivity contribution < 1.29 is 8.78 Å². The smallest absolute Gasteiger partial charge is 0.184 e. The zero-order chi connectivity index (χ0) is 13.3. The molecule has 0 spiro atoms. The molecule has 0 amide bonds. The van der Waals surface area contributed by atoms with Gasteiger partial charge in [-0.3, -0.25) is 0 Å². The molecule has 0 fully saturated rings. The van der Waals surface area contributed by atoms with Crippen LogP contribution in [-0.4, -0.2) is 0 Å². The molecule has 3 N–H and O–H groups in total. The predicted molar refractivity (Wildman–Crippen MR) is 73.2 cm³/mol. The first-order chi connectivity index (χ1) is 8.49. The summed E-state index contributed by atoms with van der Waals surface area (Å²) in [6.07, 6.45) is 0. The summed E-state index contributed by atoms with van der Waals surface area (Å²) < 4.78 is 27.4. The van der Waals surface area contributed by atoms with E-state index in [0.29, 0.717) is 15.2 Å². The zero-order valence-corrected chi connectivity index (χ0v) is 11.3. The van der Waals surface area contributed by atoms with E-state index in [-0.39, 0.29) is 11.4 Å². The van der Waals surface area contributed by atoms with Gasteiger partial charge in [-0.15, -0.1) is 0 Å². The van der Waals surface area contributed by atoms with Gasteiger partial charge in [-0.05, 0) is 46.3 Å². The second kappa shape index (κ2) is 5.12. The number of halogens is 4. The second-order valence-electron chi connectivity index (χ2n) is 3.58. The van der Waals surface area contributed by atoms with Crippen LogP contribution in [0.25, 0.3) is 0 Å². The van der Waals surface area contributed by atoms with E-state index in [1.54, 1.807) is 18.2 Å². The van der Waals surface area contributed by atoms with Crippen LogP contribution in [0.2, 0.25) is 5.02 Å². The summed E-state index contributed by atoms with van der Waals surface area (Å²) in [7, 11) is 0. The monoisotopic (exact) mass is 332 g/mol. The highest BCUT2D eigenvalue weighted by Crippen LogP contribution is 2.31. The van der Waals surface area contributed by atoms with Crippen LogP contribution in [0.1, 0.15) is 0 Å². The molecule has 0 atom stereocenters. The Balaban J connectivity index is 2.39. The van der Waals surface area contributed by atoms with Crippen LogP contribution >= 0.6 is 27.5 Å². The molecule has 2 aromatic rings. The Morgan fingerprint density at radius 1 is 1.17 bits per heavy atom. The summed E-state index contributed by atoms with van der Waals surface area (Å²) >= 11 is 9.14. The molecule has 0 aliphatic rings. The van der Waals surface area contributed by atoms with Crippen molar-refractivity contribution in [3.05, 3.63) is 51.5 Å². The molecule has 2 rings (SSSR count). The lowest BCUT2D eigenvalue weighted by molar-refractivity contribution is 0.512. The maximum atomic E-state index is 13.6. The van der Waals surface area contributed by atoms with Gasteiger partial charge in [0, 0.05) is 10.2 Å². The minimum absolute atomic E-state index is 0.103. The molecule has 0 heterocycles. The number of anilines is 3. The van der Waals surface area contributed by atoms with E-state index in [2.05, 4.69) is 21.2 Å². The SMILES string of the molecule is Nc1ccc(F)c(F)c1Nc1ccc(Br)c(Cl)c1. The fourth-order valence-corrected chi connectivity index (χ4v) is 1.84. The van der Waals surface area contributed by atoms with Gasteiger partial charge in [0.2, 0.25) is 0 Å². The van der Waals surface area contributed by atoms with Crippen molar-refractivity contribution in [3.8, 4) is 0 Å². The standard InChI is InChI=1S/C12H8BrClF2N2/c13-7-2-1-6(5-8(7)14)18-12-10(17)4-3-9(15)11(12)16/h1-5,18H,17H2. The van der Waals surface area contributed by atoms with Gasteiger partial charge in [0.25, 0.3) is 0 Å². The Morgan fingerprint density at radius 2 is 1.89 bits per heavy atom. The molecule has 0 saturated carbocycles. The van der Waals surface area contributed by atoms with Gasteiger partial charge in [-0.1, -0.05) is 11.6 Å². The molecule has 0 bridgehead atoms. The molecule has 94 valence electrons.